The van der Waals surface area contributed by atoms with E-state index in [0.717, 1.165) is 15.6 Å². The van der Waals surface area contributed by atoms with Gasteiger partial charge in [0.15, 0.2) is 11.4 Å². The summed E-state index contributed by atoms with van der Waals surface area (Å²) in [5, 5.41) is 2.74. The third-order valence-corrected chi connectivity index (χ3v) is 4.02. The molecule has 4 nitrogen and oxygen atoms in total. The van der Waals surface area contributed by atoms with E-state index < -0.39 is 17.2 Å². The number of nitrogens with one attached hydrogen (secondary N) is 1. The van der Waals surface area contributed by atoms with Crippen LogP contribution in [0.15, 0.2) is 22.7 Å². The minimum absolute atomic E-state index is 0.126. The summed E-state index contributed by atoms with van der Waals surface area (Å²) in [6.07, 6.45) is 0.307. The van der Waals surface area contributed by atoms with Crippen LogP contribution in [0.1, 0.15) is 38.8 Å². The third-order valence-electron chi connectivity index (χ3n) is 3.53. The first-order chi connectivity index (χ1) is 9.61. The van der Waals surface area contributed by atoms with Gasteiger partial charge in [-0.2, -0.15) is 0 Å². The second kappa shape index (κ2) is 5.44. The summed E-state index contributed by atoms with van der Waals surface area (Å²) in [5.41, 5.74) is 0.613. The second-order valence-electron chi connectivity index (χ2n) is 6.58. The summed E-state index contributed by atoms with van der Waals surface area (Å²) in [6.45, 7) is 7.09. The van der Waals surface area contributed by atoms with Crippen molar-refractivity contribution in [2.45, 2.75) is 51.7 Å². The van der Waals surface area contributed by atoms with E-state index in [1.807, 2.05) is 39.0 Å². The number of alkyl carbamates (subject to hydrolysis) is 1. The van der Waals surface area contributed by atoms with Crippen molar-refractivity contribution in [2.24, 2.45) is 0 Å². The van der Waals surface area contributed by atoms with Crippen LogP contribution in [-0.4, -0.2) is 23.0 Å². The van der Waals surface area contributed by atoms with Gasteiger partial charge in [-0.3, -0.25) is 4.79 Å². The molecule has 1 unspecified atom stereocenters. The number of rotatable bonds is 2. The number of ketones is 1. The Kier molecular flexibility index (Phi) is 4.15. The van der Waals surface area contributed by atoms with Crippen molar-refractivity contribution in [1.29, 1.82) is 0 Å². The van der Waals surface area contributed by atoms with E-state index in [4.69, 9.17) is 4.74 Å². The Morgan fingerprint density at radius 2 is 1.86 bits per heavy atom. The van der Waals surface area contributed by atoms with Gasteiger partial charge in [0.05, 0.1) is 0 Å². The maximum absolute atomic E-state index is 12.1. The van der Waals surface area contributed by atoms with Gasteiger partial charge < -0.3 is 10.1 Å². The predicted octanol–water partition coefficient (Wildman–Crippen LogP) is 3.40. The Labute approximate surface area is 133 Å². The van der Waals surface area contributed by atoms with Gasteiger partial charge in [-0.25, -0.2) is 4.79 Å². The molecule has 1 aliphatic carbocycles. The van der Waals surface area contributed by atoms with Gasteiger partial charge in [0, 0.05) is 22.9 Å². The van der Waals surface area contributed by atoms with Gasteiger partial charge in [-0.05, 0) is 51.0 Å². The monoisotopic (exact) mass is 353 g/mol. The largest absolute Gasteiger partial charge is 0.434 e. The number of carbonyl (C=O) groups excluding carboxylic acids is 2. The molecule has 0 spiro atoms. The van der Waals surface area contributed by atoms with E-state index >= 15 is 0 Å². The van der Waals surface area contributed by atoms with E-state index in [-0.39, 0.29) is 5.78 Å². The van der Waals surface area contributed by atoms with Crippen LogP contribution in [0.2, 0.25) is 0 Å². The number of benzene rings is 1. The number of Topliss-reactive ketones (excluding diaryl/α,β-unsaturated/α-hetero) is 1. The highest BCUT2D eigenvalue weighted by molar-refractivity contribution is 9.10. The van der Waals surface area contributed by atoms with Crippen LogP contribution in [0.3, 0.4) is 0 Å². The molecule has 5 heteroatoms. The van der Waals surface area contributed by atoms with E-state index in [2.05, 4.69) is 21.2 Å². The Bertz CT molecular complexity index is 592. The number of carbonyl (C=O) groups is 2. The van der Waals surface area contributed by atoms with Crippen molar-refractivity contribution in [3.63, 3.8) is 0 Å². The fraction of sp³-hybridized carbons (Fsp3) is 0.500. The molecule has 114 valence electrons. The zero-order chi connectivity index (χ0) is 15.8. The van der Waals surface area contributed by atoms with Crippen LogP contribution >= 0.6 is 15.9 Å². The molecule has 1 aromatic carbocycles. The molecule has 1 atom stereocenters. The topological polar surface area (TPSA) is 55.4 Å². The average molecular weight is 354 g/mol. The lowest BCUT2D eigenvalue weighted by atomic mass is 9.95. The summed E-state index contributed by atoms with van der Waals surface area (Å²) in [5.74, 6) is -0.126. The molecule has 21 heavy (non-hydrogen) atoms. The van der Waals surface area contributed by atoms with E-state index in [1.54, 1.807) is 0 Å². The first-order valence-corrected chi connectivity index (χ1v) is 7.70. The number of fused-ring (bicyclic) bond motifs is 1. The molecule has 2 rings (SSSR count). The van der Waals surface area contributed by atoms with Gasteiger partial charge >= 0.3 is 6.09 Å². The standard InChI is InChI=1S/C16H20BrNO3/c1-10(19)16(21-14(20)18-15(2,3)4)8-11-5-6-13(17)7-12(11)9-16/h5-7H,8-9H2,1-4H3,(H,18,20). The highest BCUT2D eigenvalue weighted by Gasteiger charge is 2.45. The minimum atomic E-state index is -1.08. The second-order valence-corrected chi connectivity index (χ2v) is 7.50. The molecule has 0 aromatic heterocycles. The molecule has 0 saturated carbocycles. The van der Waals surface area contributed by atoms with Crippen LogP contribution in [0.4, 0.5) is 4.79 Å². The van der Waals surface area contributed by atoms with Crippen LogP contribution < -0.4 is 5.32 Å². The molecule has 1 N–H and O–H groups in total. The number of ether oxygens (including phenoxy) is 1. The van der Waals surface area contributed by atoms with Gasteiger partial charge in [-0.15, -0.1) is 0 Å². The normalized spacial score (nSPS) is 20.8. The van der Waals surface area contributed by atoms with Gasteiger partial charge in [-0.1, -0.05) is 22.0 Å². The highest BCUT2D eigenvalue weighted by Crippen LogP contribution is 2.35. The smallest absolute Gasteiger partial charge is 0.408 e. The molecule has 0 heterocycles. The van der Waals surface area contributed by atoms with Crippen molar-refractivity contribution < 1.29 is 14.3 Å². The Balaban J connectivity index is 2.22. The van der Waals surface area contributed by atoms with Gasteiger partial charge in [0.1, 0.15) is 0 Å². The number of amides is 1. The van der Waals surface area contributed by atoms with Crippen molar-refractivity contribution in [3.8, 4) is 0 Å². The maximum Gasteiger partial charge on any atom is 0.408 e. The first-order valence-electron chi connectivity index (χ1n) is 6.91. The lowest BCUT2D eigenvalue weighted by Gasteiger charge is -2.29. The molecule has 0 radical (unpaired) electrons. The Morgan fingerprint density at radius 1 is 1.24 bits per heavy atom. The van der Waals surface area contributed by atoms with Crippen molar-refractivity contribution in [1.82, 2.24) is 5.32 Å². The zero-order valence-electron chi connectivity index (χ0n) is 12.7. The minimum Gasteiger partial charge on any atom is -0.434 e. The summed E-state index contributed by atoms with van der Waals surface area (Å²) in [4.78, 5) is 24.2. The van der Waals surface area contributed by atoms with Crippen LogP contribution in [-0.2, 0) is 22.4 Å². The molecule has 1 amide bonds. The molecule has 0 aliphatic heterocycles. The van der Waals surface area contributed by atoms with E-state index in [9.17, 15) is 9.59 Å². The SMILES string of the molecule is CC(=O)C1(OC(=O)NC(C)(C)C)Cc2ccc(Br)cc2C1. The number of halogens is 1. The Hall–Kier alpha value is -1.36. The molecular weight excluding hydrogens is 334 g/mol. The zero-order valence-corrected chi connectivity index (χ0v) is 14.3. The number of hydrogen-bond donors (Lipinski definition) is 1. The lowest BCUT2D eigenvalue weighted by molar-refractivity contribution is -0.134. The summed E-state index contributed by atoms with van der Waals surface area (Å²) in [6, 6.07) is 5.88. The summed E-state index contributed by atoms with van der Waals surface area (Å²) in [7, 11) is 0. The fourth-order valence-electron chi connectivity index (χ4n) is 2.51. The molecule has 1 aliphatic rings. The molecule has 0 saturated heterocycles. The van der Waals surface area contributed by atoms with Gasteiger partial charge in [0.2, 0.25) is 0 Å². The van der Waals surface area contributed by atoms with Crippen LogP contribution in [0.25, 0.3) is 0 Å². The molecular formula is C16H20BrNO3. The van der Waals surface area contributed by atoms with Crippen molar-refractivity contribution in [2.75, 3.05) is 0 Å². The third kappa shape index (κ3) is 3.64. The van der Waals surface area contributed by atoms with Crippen molar-refractivity contribution in [3.05, 3.63) is 33.8 Å². The van der Waals surface area contributed by atoms with Crippen LogP contribution in [0.5, 0.6) is 0 Å². The molecule has 1 aromatic rings. The van der Waals surface area contributed by atoms with Gasteiger partial charge in [0.25, 0.3) is 0 Å². The average Bonchev–Trinajstić information content (AvgIpc) is 2.64. The Morgan fingerprint density at radius 3 is 2.43 bits per heavy atom. The molecule has 0 fully saturated rings. The summed E-state index contributed by atoms with van der Waals surface area (Å²) < 4.78 is 6.50. The number of hydrogen-bond acceptors (Lipinski definition) is 3. The van der Waals surface area contributed by atoms with Crippen LogP contribution in [0, 0.1) is 0 Å². The fourth-order valence-corrected chi connectivity index (χ4v) is 2.92. The predicted molar refractivity (Wildman–Crippen MR) is 84.3 cm³/mol. The summed E-state index contributed by atoms with van der Waals surface area (Å²) >= 11 is 3.43. The lowest BCUT2D eigenvalue weighted by Crippen LogP contribution is -2.49. The highest BCUT2D eigenvalue weighted by atomic mass is 79.9. The quantitative estimate of drug-likeness (QED) is 0.886. The van der Waals surface area contributed by atoms with E-state index in [0.29, 0.717) is 12.8 Å². The first kappa shape index (κ1) is 16.0. The van der Waals surface area contributed by atoms with Crippen molar-refractivity contribution >= 4 is 27.8 Å². The van der Waals surface area contributed by atoms with E-state index in [1.165, 1.54) is 6.92 Å². The maximum atomic E-state index is 12.1. The molecule has 0 bridgehead atoms.